The molecule has 1 fully saturated rings. The van der Waals surface area contributed by atoms with Crippen molar-refractivity contribution < 1.29 is 4.79 Å². The molecule has 1 saturated heterocycles. The smallest absolute Gasteiger partial charge is 0.311 e. The van der Waals surface area contributed by atoms with Crippen molar-refractivity contribution in [3.63, 3.8) is 0 Å². The lowest BCUT2D eigenvalue weighted by atomic mass is 9.96. The summed E-state index contributed by atoms with van der Waals surface area (Å²) in [6, 6.07) is 20.7. The number of nitrogens with zero attached hydrogens (tertiary/aromatic N) is 6. The van der Waals surface area contributed by atoms with E-state index < -0.39 is 17.3 Å². The van der Waals surface area contributed by atoms with Gasteiger partial charge in [-0.2, -0.15) is 0 Å². The number of Topliss-reactive ketones (excluding diaryl/α,β-unsaturated/α-hetero) is 1. The minimum atomic E-state index is -0.568. The lowest BCUT2D eigenvalue weighted by Crippen LogP contribution is -2.47. The Bertz CT molecular complexity index is 1520. The van der Waals surface area contributed by atoms with Gasteiger partial charge in [0.1, 0.15) is 5.82 Å². The Morgan fingerprint density at radius 1 is 0.868 bits per heavy atom. The maximum absolute atomic E-state index is 13.1. The molecule has 1 aliphatic rings. The molecule has 0 amide bonds. The van der Waals surface area contributed by atoms with E-state index in [9.17, 15) is 14.4 Å². The van der Waals surface area contributed by atoms with E-state index in [0.29, 0.717) is 23.5 Å². The van der Waals surface area contributed by atoms with E-state index >= 15 is 0 Å². The van der Waals surface area contributed by atoms with Crippen LogP contribution in [0.25, 0.3) is 11.2 Å². The minimum absolute atomic E-state index is 0.0696. The van der Waals surface area contributed by atoms with Crippen molar-refractivity contribution in [2.45, 2.75) is 32.5 Å². The average molecular weight is 515 g/mol. The van der Waals surface area contributed by atoms with Gasteiger partial charge in [-0.1, -0.05) is 60.7 Å². The fourth-order valence-corrected chi connectivity index (χ4v) is 5.43. The summed E-state index contributed by atoms with van der Waals surface area (Å²) in [5.41, 5.74) is 2.26. The number of ketones is 1. The van der Waals surface area contributed by atoms with Gasteiger partial charge in [0.15, 0.2) is 16.9 Å². The van der Waals surface area contributed by atoms with E-state index in [2.05, 4.69) is 58.3 Å². The second-order valence-electron chi connectivity index (χ2n) is 10.1. The topological polar surface area (TPSA) is 85.4 Å². The summed E-state index contributed by atoms with van der Waals surface area (Å²) in [5.74, 6) is 0.553. The van der Waals surface area contributed by atoms with Crippen molar-refractivity contribution in [1.82, 2.24) is 28.5 Å². The number of aryl methyl sites for hydroxylation is 1. The van der Waals surface area contributed by atoms with E-state index in [4.69, 9.17) is 4.98 Å². The van der Waals surface area contributed by atoms with Gasteiger partial charge in [-0.15, -0.1) is 0 Å². The van der Waals surface area contributed by atoms with Crippen molar-refractivity contribution in [2.24, 2.45) is 14.1 Å². The number of carbonyl (C=O) groups is 1. The first kappa shape index (κ1) is 25.8. The Balaban J connectivity index is 1.44. The number of benzene rings is 2. The standard InChI is InChI=1S/C29H34N6O3/c1-20(21(2)36)35-24(30-27-26(35)28(37)32(4)29(38)31(27)3)19-33-15-17-34(18-16-33)25(22-11-7-5-8-12-22)23-13-9-6-10-14-23/h5-14,20,25H,15-19H2,1-4H3/t20-/m0/s1. The largest absolute Gasteiger partial charge is 0.332 e. The molecule has 1 aliphatic heterocycles. The molecule has 0 N–H and O–H groups in total. The molecule has 198 valence electrons. The molecule has 2 aromatic carbocycles. The highest BCUT2D eigenvalue weighted by Crippen LogP contribution is 2.30. The predicted molar refractivity (Wildman–Crippen MR) is 147 cm³/mol. The normalized spacial score (nSPS) is 15.8. The van der Waals surface area contributed by atoms with Crippen LogP contribution in [0.1, 0.15) is 42.9 Å². The quantitative estimate of drug-likeness (QED) is 0.377. The zero-order chi connectivity index (χ0) is 27.0. The highest BCUT2D eigenvalue weighted by Gasteiger charge is 2.29. The number of rotatable bonds is 7. The Kier molecular flexibility index (Phi) is 7.14. The van der Waals surface area contributed by atoms with Crippen molar-refractivity contribution in [1.29, 1.82) is 0 Å². The van der Waals surface area contributed by atoms with E-state index in [-0.39, 0.29) is 11.8 Å². The maximum atomic E-state index is 13.1. The molecule has 0 aliphatic carbocycles. The molecule has 9 nitrogen and oxygen atoms in total. The van der Waals surface area contributed by atoms with Crippen molar-refractivity contribution in [3.05, 3.63) is 98.5 Å². The van der Waals surface area contributed by atoms with Crippen LogP contribution in [0.2, 0.25) is 0 Å². The highest BCUT2D eigenvalue weighted by molar-refractivity contribution is 5.82. The van der Waals surface area contributed by atoms with Crippen LogP contribution in [-0.4, -0.2) is 60.4 Å². The third kappa shape index (κ3) is 4.63. The van der Waals surface area contributed by atoms with Crippen molar-refractivity contribution >= 4 is 16.9 Å². The third-order valence-corrected chi connectivity index (χ3v) is 7.71. The molecule has 3 heterocycles. The molecule has 9 heteroatoms. The molecule has 0 saturated carbocycles. The minimum Gasteiger partial charge on any atom is -0.311 e. The van der Waals surface area contributed by atoms with Crippen LogP contribution in [0, 0.1) is 0 Å². The third-order valence-electron chi connectivity index (χ3n) is 7.71. The van der Waals surface area contributed by atoms with E-state index in [1.165, 1.54) is 29.7 Å². The Hall–Kier alpha value is -3.82. The molecule has 1 atom stereocenters. The Morgan fingerprint density at radius 3 is 1.95 bits per heavy atom. The first-order valence-corrected chi connectivity index (χ1v) is 13.0. The van der Waals surface area contributed by atoms with Gasteiger partial charge in [0.25, 0.3) is 5.56 Å². The van der Waals surface area contributed by atoms with Crippen LogP contribution in [0.15, 0.2) is 70.3 Å². The lowest BCUT2D eigenvalue weighted by molar-refractivity contribution is -0.119. The molecule has 4 aromatic rings. The summed E-state index contributed by atoms with van der Waals surface area (Å²) >= 11 is 0. The Morgan fingerprint density at radius 2 is 1.42 bits per heavy atom. The molecule has 0 unspecified atom stereocenters. The molecular weight excluding hydrogens is 480 g/mol. The first-order chi connectivity index (χ1) is 18.3. The van der Waals surface area contributed by atoms with E-state index in [1.807, 2.05) is 12.1 Å². The van der Waals surface area contributed by atoms with Gasteiger partial charge in [-0.25, -0.2) is 9.78 Å². The highest BCUT2D eigenvalue weighted by atomic mass is 16.2. The molecule has 2 aromatic heterocycles. The monoisotopic (exact) mass is 514 g/mol. The second kappa shape index (κ2) is 10.5. The molecular formula is C29H34N6O3. The van der Waals surface area contributed by atoms with Gasteiger partial charge in [0, 0.05) is 40.3 Å². The Labute approximate surface area is 221 Å². The van der Waals surface area contributed by atoms with Gasteiger partial charge >= 0.3 is 5.69 Å². The van der Waals surface area contributed by atoms with Crippen LogP contribution in [0.4, 0.5) is 0 Å². The van der Waals surface area contributed by atoms with E-state index in [1.54, 1.807) is 18.5 Å². The summed E-state index contributed by atoms with van der Waals surface area (Å²) in [4.78, 5) is 47.6. The van der Waals surface area contributed by atoms with Gasteiger partial charge < -0.3 is 4.57 Å². The number of piperazine rings is 1. The van der Waals surface area contributed by atoms with Crippen LogP contribution in [-0.2, 0) is 25.4 Å². The van der Waals surface area contributed by atoms with Gasteiger partial charge in [0.05, 0.1) is 18.6 Å². The number of hydrogen-bond donors (Lipinski definition) is 0. The van der Waals surface area contributed by atoms with Gasteiger partial charge in [0.2, 0.25) is 0 Å². The predicted octanol–water partition coefficient (Wildman–Crippen LogP) is 2.49. The van der Waals surface area contributed by atoms with Crippen LogP contribution >= 0.6 is 0 Å². The summed E-state index contributed by atoms with van der Waals surface area (Å²) in [6.07, 6.45) is 0. The SMILES string of the molecule is CC(=O)[C@H](C)n1c(CN2CCN(C(c3ccccc3)c3ccccc3)CC2)nc2c1c(=O)n(C)c(=O)n2C. The van der Waals surface area contributed by atoms with Crippen LogP contribution in [0.5, 0.6) is 0 Å². The summed E-state index contributed by atoms with van der Waals surface area (Å²) in [5, 5.41) is 0. The molecule has 5 rings (SSSR count). The lowest BCUT2D eigenvalue weighted by Gasteiger charge is -2.39. The fourth-order valence-electron chi connectivity index (χ4n) is 5.43. The summed E-state index contributed by atoms with van der Waals surface area (Å²) < 4.78 is 4.18. The molecule has 0 spiro atoms. The van der Waals surface area contributed by atoms with Crippen molar-refractivity contribution in [2.75, 3.05) is 26.2 Å². The number of fused-ring (bicyclic) bond motifs is 1. The fraction of sp³-hybridized carbons (Fsp3) is 0.379. The van der Waals surface area contributed by atoms with Crippen molar-refractivity contribution in [3.8, 4) is 0 Å². The zero-order valence-electron chi connectivity index (χ0n) is 22.4. The zero-order valence-corrected chi connectivity index (χ0v) is 22.4. The second-order valence-corrected chi connectivity index (χ2v) is 10.1. The molecule has 38 heavy (non-hydrogen) atoms. The average Bonchev–Trinajstić information content (AvgIpc) is 3.31. The van der Waals surface area contributed by atoms with Crippen LogP contribution in [0.3, 0.4) is 0 Å². The van der Waals surface area contributed by atoms with Gasteiger partial charge in [-0.05, 0) is 25.0 Å². The number of imidazole rings is 1. The number of hydrogen-bond acceptors (Lipinski definition) is 6. The maximum Gasteiger partial charge on any atom is 0.332 e. The molecule has 0 bridgehead atoms. The molecule has 0 radical (unpaired) electrons. The number of carbonyl (C=O) groups excluding carboxylic acids is 1. The van der Waals surface area contributed by atoms with Gasteiger partial charge in [-0.3, -0.25) is 28.5 Å². The van der Waals surface area contributed by atoms with Crippen LogP contribution < -0.4 is 11.2 Å². The number of aromatic nitrogens is 4. The van der Waals surface area contributed by atoms with E-state index in [0.717, 1.165) is 30.7 Å². The first-order valence-electron chi connectivity index (χ1n) is 13.0. The summed E-state index contributed by atoms with van der Waals surface area (Å²) in [7, 11) is 3.06. The summed E-state index contributed by atoms with van der Waals surface area (Å²) in [6.45, 7) is 7.11.